The van der Waals surface area contributed by atoms with E-state index in [0.29, 0.717) is 12.0 Å². The zero-order valence-corrected chi connectivity index (χ0v) is 11.2. The lowest BCUT2D eigenvalue weighted by Crippen LogP contribution is -2.31. The highest BCUT2D eigenvalue weighted by atomic mass is 16.5. The van der Waals surface area contributed by atoms with Crippen LogP contribution in [0.15, 0.2) is 4.52 Å². The third-order valence-corrected chi connectivity index (χ3v) is 4.36. The van der Waals surface area contributed by atoms with Crippen molar-refractivity contribution in [3.8, 4) is 0 Å². The lowest BCUT2D eigenvalue weighted by atomic mass is 9.95. The Morgan fingerprint density at radius 3 is 2.78 bits per heavy atom. The number of hydrogen-bond acceptors (Lipinski definition) is 4. The Hall–Kier alpha value is -0.900. The van der Waals surface area contributed by atoms with E-state index in [2.05, 4.69) is 15.5 Å². The molecule has 1 aromatic rings. The van der Waals surface area contributed by atoms with E-state index in [1.165, 1.54) is 44.9 Å². The summed E-state index contributed by atoms with van der Waals surface area (Å²) in [4.78, 5) is 4.64. The second-order valence-corrected chi connectivity index (χ2v) is 5.84. The Bertz CT molecular complexity index is 386. The fourth-order valence-corrected chi connectivity index (χ4v) is 3.03. The molecule has 1 N–H and O–H groups in total. The van der Waals surface area contributed by atoms with Gasteiger partial charge in [-0.2, -0.15) is 4.98 Å². The van der Waals surface area contributed by atoms with Crippen LogP contribution < -0.4 is 5.32 Å². The zero-order chi connectivity index (χ0) is 12.4. The molecule has 18 heavy (non-hydrogen) atoms. The molecule has 4 heteroatoms. The molecular weight excluding hydrogens is 226 g/mol. The van der Waals surface area contributed by atoms with Gasteiger partial charge < -0.3 is 9.84 Å². The number of nitrogens with one attached hydrogen (secondary N) is 1. The molecule has 0 radical (unpaired) electrons. The third-order valence-electron chi connectivity index (χ3n) is 4.36. The maximum atomic E-state index is 5.52. The molecule has 100 valence electrons. The highest BCUT2D eigenvalue weighted by Gasteiger charge is 2.30. The predicted molar refractivity (Wildman–Crippen MR) is 69.4 cm³/mol. The molecule has 0 amide bonds. The van der Waals surface area contributed by atoms with Gasteiger partial charge in [0.1, 0.15) is 0 Å². The van der Waals surface area contributed by atoms with Gasteiger partial charge in [-0.25, -0.2) is 0 Å². The van der Waals surface area contributed by atoms with Crippen molar-refractivity contribution in [2.45, 2.75) is 63.3 Å². The van der Waals surface area contributed by atoms with Crippen LogP contribution in [0.5, 0.6) is 0 Å². The standard InChI is InChI=1S/C14H23N3O/c1-15-12-6-4-2-3-5-11(12)14-16-13(17-18-14)9-10-7-8-10/h10-12,15H,2-9H2,1H3. The van der Waals surface area contributed by atoms with Crippen molar-refractivity contribution >= 4 is 0 Å². The summed E-state index contributed by atoms with van der Waals surface area (Å²) in [6.45, 7) is 0. The van der Waals surface area contributed by atoms with Gasteiger partial charge in [-0.3, -0.25) is 0 Å². The molecule has 0 aliphatic heterocycles. The van der Waals surface area contributed by atoms with Crippen molar-refractivity contribution in [1.29, 1.82) is 0 Å². The quantitative estimate of drug-likeness (QED) is 0.833. The van der Waals surface area contributed by atoms with Crippen molar-refractivity contribution < 1.29 is 4.52 Å². The molecule has 2 fully saturated rings. The summed E-state index contributed by atoms with van der Waals surface area (Å²) in [6, 6.07) is 0.502. The molecule has 0 aromatic carbocycles. The van der Waals surface area contributed by atoms with Crippen molar-refractivity contribution in [2.75, 3.05) is 7.05 Å². The summed E-state index contributed by atoms with van der Waals surface area (Å²) in [5.74, 6) is 3.03. The van der Waals surface area contributed by atoms with Crippen LogP contribution in [0.2, 0.25) is 0 Å². The SMILES string of the molecule is CNC1CCCCCC1c1nc(CC2CC2)no1. The van der Waals surface area contributed by atoms with Crippen molar-refractivity contribution in [1.82, 2.24) is 15.5 Å². The highest BCUT2D eigenvalue weighted by Crippen LogP contribution is 2.34. The predicted octanol–water partition coefficient (Wildman–Crippen LogP) is 2.66. The number of likely N-dealkylation sites (N-methyl/N-ethyl adjacent to an activating group) is 1. The van der Waals surface area contributed by atoms with Gasteiger partial charge in [0.05, 0.1) is 5.92 Å². The van der Waals surface area contributed by atoms with Gasteiger partial charge in [0.25, 0.3) is 0 Å². The Balaban J connectivity index is 1.71. The molecule has 0 spiro atoms. The van der Waals surface area contributed by atoms with Gasteiger partial charge in [0, 0.05) is 12.5 Å². The maximum absolute atomic E-state index is 5.52. The van der Waals surface area contributed by atoms with Crippen LogP contribution in [0, 0.1) is 5.92 Å². The number of aromatic nitrogens is 2. The minimum absolute atomic E-state index is 0.415. The van der Waals surface area contributed by atoms with Crippen LogP contribution in [-0.2, 0) is 6.42 Å². The fourth-order valence-electron chi connectivity index (χ4n) is 3.03. The summed E-state index contributed by atoms with van der Waals surface area (Å²) in [6.07, 6.45) is 10.0. The molecule has 0 bridgehead atoms. The summed E-state index contributed by atoms with van der Waals surface area (Å²) in [5, 5.41) is 7.58. The normalized spacial score (nSPS) is 29.2. The molecule has 1 aromatic heterocycles. The van der Waals surface area contributed by atoms with E-state index < -0.39 is 0 Å². The summed E-state index contributed by atoms with van der Waals surface area (Å²) in [5.41, 5.74) is 0. The zero-order valence-electron chi connectivity index (χ0n) is 11.2. The molecule has 0 saturated heterocycles. The Morgan fingerprint density at radius 1 is 1.17 bits per heavy atom. The van der Waals surface area contributed by atoms with Gasteiger partial charge in [0.15, 0.2) is 5.82 Å². The summed E-state index contributed by atoms with van der Waals surface area (Å²) < 4.78 is 5.52. The van der Waals surface area contributed by atoms with Crippen molar-refractivity contribution in [2.24, 2.45) is 5.92 Å². The van der Waals surface area contributed by atoms with E-state index in [1.54, 1.807) is 0 Å². The fraction of sp³-hybridized carbons (Fsp3) is 0.857. The molecule has 2 atom stereocenters. The molecular formula is C14H23N3O. The first-order valence-electron chi connectivity index (χ1n) is 7.36. The van der Waals surface area contributed by atoms with Crippen molar-refractivity contribution in [3.63, 3.8) is 0 Å². The van der Waals surface area contributed by atoms with Crippen LogP contribution >= 0.6 is 0 Å². The van der Waals surface area contributed by atoms with E-state index in [-0.39, 0.29) is 0 Å². The number of hydrogen-bond donors (Lipinski definition) is 1. The second kappa shape index (κ2) is 5.39. The van der Waals surface area contributed by atoms with Crippen LogP contribution in [0.25, 0.3) is 0 Å². The summed E-state index contributed by atoms with van der Waals surface area (Å²) >= 11 is 0. The van der Waals surface area contributed by atoms with E-state index in [9.17, 15) is 0 Å². The first-order valence-corrected chi connectivity index (χ1v) is 7.36. The topological polar surface area (TPSA) is 51.0 Å². The van der Waals surface area contributed by atoms with E-state index in [1.807, 2.05) is 7.05 Å². The third kappa shape index (κ3) is 2.74. The minimum Gasteiger partial charge on any atom is -0.339 e. The first-order chi connectivity index (χ1) is 8.86. The molecule has 2 aliphatic carbocycles. The van der Waals surface area contributed by atoms with Gasteiger partial charge in [0.2, 0.25) is 5.89 Å². The molecule has 2 aliphatic rings. The highest BCUT2D eigenvalue weighted by molar-refractivity contribution is 5.01. The average molecular weight is 249 g/mol. The van der Waals surface area contributed by atoms with E-state index in [4.69, 9.17) is 4.52 Å². The van der Waals surface area contributed by atoms with E-state index >= 15 is 0 Å². The Labute approximate surface area is 109 Å². The van der Waals surface area contributed by atoms with Gasteiger partial charge >= 0.3 is 0 Å². The number of rotatable bonds is 4. The molecule has 1 heterocycles. The second-order valence-electron chi connectivity index (χ2n) is 5.84. The Kier molecular flexibility index (Phi) is 3.64. The van der Waals surface area contributed by atoms with Crippen LogP contribution in [0.4, 0.5) is 0 Å². The van der Waals surface area contributed by atoms with Crippen LogP contribution in [0.1, 0.15) is 62.6 Å². The maximum Gasteiger partial charge on any atom is 0.231 e. The molecule has 2 unspecified atom stereocenters. The monoisotopic (exact) mass is 249 g/mol. The van der Waals surface area contributed by atoms with Gasteiger partial charge in [-0.15, -0.1) is 0 Å². The lowest BCUT2D eigenvalue weighted by molar-refractivity contribution is 0.308. The smallest absolute Gasteiger partial charge is 0.231 e. The van der Waals surface area contributed by atoms with E-state index in [0.717, 1.165) is 24.1 Å². The summed E-state index contributed by atoms with van der Waals surface area (Å²) in [7, 11) is 2.05. The lowest BCUT2D eigenvalue weighted by Gasteiger charge is -2.20. The average Bonchev–Trinajstić information content (AvgIpc) is 3.12. The number of nitrogens with zero attached hydrogens (tertiary/aromatic N) is 2. The molecule has 2 saturated carbocycles. The van der Waals surface area contributed by atoms with Crippen molar-refractivity contribution in [3.05, 3.63) is 11.7 Å². The van der Waals surface area contributed by atoms with Gasteiger partial charge in [-0.1, -0.05) is 24.4 Å². The molecule has 3 rings (SSSR count). The van der Waals surface area contributed by atoms with Gasteiger partial charge in [-0.05, 0) is 38.6 Å². The van der Waals surface area contributed by atoms with Crippen LogP contribution in [-0.4, -0.2) is 23.2 Å². The van der Waals surface area contributed by atoms with Crippen LogP contribution in [0.3, 0.4) is 0 Å². The Morgan fingerprint density at radius 2 is 2.00 bits per heavy atom. The minimum atomic E-state index is 0.415. The molecule has 4 nitrogen and oxygen atoms in total. The first kappa shape index (κ1) is 12.2. The largest absolute Gasteiger partial charge is 0.339 e.